The quantitative estimate of drug-likeness (QED) is 0.306. The molecule has 0 aliphatic heterocycles. The summed E-state index contributed by atoms with van der Waals surface area (Å²) >= 11 is 0. The van der Waals surface area contributed by atoms with Gasteiger partial charge in [0.25, 0.3) is 5.91 Å². The molecule has 0 fully saturated rings. The number of carbonyl (C=O) groups excluding carboxylic acids is 1. The number of benzene rings is 2. The van der Waals surface area contributed by atoms with Gasteiger partial charge in [0.15, 0.2) is 5.76 Å². The van der Waals surface area contributed by atoms with E-state index in [-0.39, 0.29) is 11.9 Å². The van der Waals surface area contributed by atoms with Crippen LogP contribution in [0, 0.1) is 6.92 Å². The van der Waals surface area contributed by atoms with Crippen molar-refractivity contribution < 1.29 is 18.7 Å². The second kappa shape index (κ2) is 10.3. The van der Waals surface area contributed by atoms with Gasteiger partial charge in [0.05, 0.1) is 36.9 Å². The zero-order chi connectivity index (χ0) is 24.1. The van der Waals surface area contributed by atoms with Gasteiger partial charge < -0.3 is 18.8 Å². The standard InChI is InChI=1S/C27H29N3O4/c1-5-19(2)29(26(31)25-12-9-17-33-25)18-24-20(3)28-30(21-10-7-6-8-11-21)27(24)34-23-15-13-22(32-4)14-16-23/h6-17,19H,5,18H2,1-4H3. The number of nitrogens with zero attached hydrogens (tertiary/aromatic N) is 3. The molecule has 34 heavy (non-hydrogen) atoms. The van der Waals surface area contributed by atoms with Crippen LogP contribution in [0.4, 0.5) is 0 Å². The first-order valence-electron chi connectivity index (χ1n) is 11.3. The minimum absolute atomic E-state index is 0.00842. The van der Waals surface area contributed by atoms with Crippen LogP contribution in [-0.4, -0.2) is 33.7 Å². The number of furan rings is 1. The number of amides is 1. The Morgan fingerprint density at radius 3 is 2.38 bits per heavy atom. The number of methoxy groups -OCH3 is 1. The van der Waals surface area contributed by atoms with E-state index in [4.69, 9.17) is 19.0 Å². The van der Waals surface area contributed by atoms with Gasteiger partial charge in [-0.15, -0.1) is 0 Å². The predicted molar refractivity (Wildman–Crippen MR) is 130 cm³/mol. The van der Waals surface area contributed by atoms with Crippen LogP contribution in [0.2, 0.25) is 0 Å². The summed E-state index contributed by atoms with van der Waals surface area (Å²) in [6, 6.07) is 20.6. The highest BCUT2D eigenvalue weighted by Crippen LogP contribution is 2.33. The molecule has 0 spiro atoms. The number of hydrogen-bond acceptors (Lipinski definition) is 5. The summed E-state index contributed by atoms with van der Waals surface area (Å²) in [5.74, 6) is 2.10. The van der Waals surface area contributed by atoms with Gasteiger partial charge in [0, 0.05) is 6.04 Å². The fourth-order valence-electron chi connectivity index (χ4n) is 3.69. The van der Waals surface area contributed by atoms with E-state index in [1.165, 1.54) is 6.26 Å². The molecule has 1 amide bonds. The molecule has 7 heteroatoms. The topological polar surface area (TPSA) is 69.7 Å². The summed E-state index contributed by atoms with van der Waals surface area (Å²) < 4.78 is 18.8. The molecular formula is C27H29N3O4. The zero-order valence-electron chi connectivity index (χ0n) is 19.9. The molecule has 0 aliphatic carbocycles. The third-order valence-electron chi connectivity index (χ3n) is 5.86. The Morgan fingerprint density at radius 2 is 1.76 bits per heavy atom. The van der Waals surface area contributed by atoms with Gasteiger partial charge >= 0.3 is 0 Å². The van der Waals surface area contributed by atoms with Crippen molar-refractivity contribution in [3.63, 3.8) is 0 Å². The molecule has 2 aromatic heterocycles. The number of carbonyl (C=O) groups is 1. The Hall–Kier alpha value is -4.00. The predicted octanol–water partition coefficient (Wildman–Crippen LogP) is 6.02. The third-order valence-corrected chi connectivity index (χ3v) is 5.86. The smallest absolute Gasteiger partial charge is 0.290 e. The summed E-state index contributed by atoms with van der Waals surface area (Å²) in [6.45, 7) is 6.35. The third kappa shape index (κ3) is 4.83. The lowest BCUT2D eigenvalue weighted by atomic mass is 10.1. The fourth-order valence-corrected chi connectivity index (χ4v) is 3.69. The Kier molecular flexibility index (Phi) is 7.01. The van der Waals surface area contributed by atoms with E-state index in [1.54, 1.807) is 28.8 Å². The molecule has 0 saturated heterocycles. The Labute approximate surface area is 199 Å². The molecule has 176 valence electrons. The van der Waals surface area contributed by atoms with Crippen LogP contribution in [0.25, 0.3) is 5.69 Å². The summed E-state index contributed by atoms with van der Waals surface area (Å²) in [6.07, 6.45) is 2.31. The van der Waals surface area contributed by atoms with Gasteiger partial charge in [0.2, 0.25) is 5.88 Å². The van der Waals surface area contributed by atoms with E-state index in [2.05, 4.69) is 6.92 Å². The summed E-state index contributed by atoms with van der Waals surface area (Å²) in [5, 5.41) is 4.78. The molecule has 2 heterocycles. The number of aromatic nitrogens is 2. The van der Waals surface area contributed by atoms with Crippen LogP contribution in [0.5, 0.6) is 17.4 Å². The van der Waals surface area contributed by atoms with Crippen LogP contribution in [0.3, 0.4) is 0 Å². The number of ether oxygens (including phenoxy) is 2. The second-order valence-electron chi connectivity index (χ2n) is 8.06. The lowest BCUT2D eigenvalue weighted by Gasteiger charge is -2.28. The molecule has 1 atom stereocenters. The maximum atomic E-state index is 13.3. The van der Waals surface area contributed by atoms with Crippen molar-refractivity contribution in [2.45, 2.75) is 39.8 Å². The summed E-state index contributed by atoms with van der Waals surface area (Å²) in [7, 11) is 1.63. The van der Waals surface area contributed by atoms with Crippen molar-refractivity contribution in [3.05, 3.63) is 90.0 Å². The van der Waals surface area contributed by atoms with Crippen molar-refractivity contribution in [1.82, 2.24) is 14.7 Å². The number of hydrogen-bond donors (Lipinski definition) is 0. The van der Waals surface area contributed by atoms with Gasteiger partial charge in [-0.1, -0.05) is 25.1 Å². The molecule has 2 aromatic carbocycles. The van der Waals surface area contributed by atoms with Crippen molar-refractivity contribution >= 4 is 5.91 Å². The van der Waals surface area contributed by atoms with Crippen molar-refractivity contribution in [2.75, 3.05) is 7.11 Å². The van der Waals surface area contributed by atoms with Crippen LogP contribution >= 0.6 is 0 Å². The van der Waals surface area contributed by atoms with Crippen molar-refractivity contribution in [3.8, 4) is 23.1 Å². The molecule has 7 nitrogen and oxygen atoms in total. The normalized spacial score (nSPS) is 11.8. The highest BCUT2D eigenvalue weighted by atomic mass is 16.5. The van der Waals surface area contributed by atoms with Crippen LogP contribution in [0.15, 0.2) is 77.4 Å². The maximum absolute atomic E-state index is 13.3. The highest BCUT2D eigenvalue weighted by Gasteiger charge is 2.28. The van der Waals surface area contributed by atoms with E-state index < -0.39 is 0 Å². The second-order valence-corrected chi connectivity index (χ2v) is 8.06. The van der Waals surface area contributed by atoms with Crippen LogP contribution < -0.4 is 9.47 Å². The highest BCUT2D eigenvalue weighted by molar-refractivity contribution is 5.91. The lowest BCUT2D eigenvalue weighted by Crippen LogP contribution is -2.37. The molecule has 4 aromatic rings. The first-order chi connectivity index (χ1) is 16.5. The monoisotopic (exact) mass is 459 g/mol. The number of rotatable bonds is 9. The van der Waals surface area contributed by atoms with Gasteiger partial charge in [-0.05, 0) is 68.8 Å². The average molecular weight is 460 g/mol. The SMILES string of the molecule is CCC(C)N(Cc1c(C)nn(-c2ccccc2)c1Oc1ccc(OC)cc1)C(=O)c1ccco1. The van der Waals surface area contributed by atoms with E-state index in [0.29, 0.717) is 23.9 Å². The minimum atomic E-state index is -0.165. The van der Waals surface area contributed by atoms with Crippen molar-refractivity contribution in [2.24, 2.45) is 0 Å². The average Bonchev–Trinajstić information content (AvgIpc) is 3.52. The Balaban J connectivity index is 1.77. The number of para-hydroxylation sites is 1. The van der Waals surface area contributed by atoms with Crippen LogP contribution in [-0.2, 0) is 6.54 Å². The minimum Gasteiger partial charge on any atom is -0.497 e. The molecule has 0 radical (unpaired) electrons. The summed E-state index contributed by atoms with van der Waals surface area (Å²) in [4.78, 5) is 15.1. The van der Waals surface area contributed by atoms with E-state index >= 15 is 0 Å². The van der Waals surface area contributed by atoms with Gasteiger partial charge in [0.1, 0.15) is 11.5 Å². The van der Waals surface area contributed by atoms with E-state index in [9.17, 15) is 4.79 Å². The maximum Gasteiger partial charge on any atom is 0.290 e. The first-order valence-corrected chi connectivity index (χ1v) is 11.3. The van der Waals surface area contributed by atoms with Gasteiger partial charge in [-0.2, -0.15) is 5.10 Å². The van der Waals surface area contributed by atoms with E-state index in [0.717, 1.165) is 29.1 Å². The first kappa shape index (κ1) is 23.2. The Morgan fingerprint density at radius 1 is 1.06 bits per heavy atom. The van der Waals surface area contributed by atoms with Crippen molar-refractivity contribution in [1.29, 1.82) is 0 Å². The molecule has 4 rings (SSSR count). The van der Waals surface area contributed by atoms with Gasteiger partial charge in [-0.25, -0.2) is 4.68 Å². The van der Waals surface area contributed by atoms with E-state index in [1.807, 2.05) is 68.4 Å². The molecule has 0 aliphatic rings. The van der Waals surface area contributed by atoms with Gasteiger partial charge in [-0.3, -0.25) is 4.79 Å². The lowest BCUT2D eigenvalue weighted by molar-refractivity contribution is 0.0637. The largest absolute Gasteiger partial charge is 0.497 e. The number of aryl methyl sites for hydroxylation is 1. The molecular weight excluding hydrogens is 430 g/mol. The van der Waals surface area contributed by atoms with Crippen LogP contribution in [0.1, 0.15) is 42.1 Å². The molecule has 0 bridgehead atoms. The fraction of sp³-hybridized carbons (Fsp3) is 0.259. The Bertz CT molecular complexity index is 1220. The molecule has 0 N–H and O–H groups in total. The molecule has 0 saturated carbocycles. The molecule has 1 unspecified atom stereocenters. The summed E-state index contributed by atoms with van der Waals surface area (Å²) in [5.41, 5.74) is 2.49. The zero-order valence-corrected chi connectivity index (χ0v) is 19.9.